The summed E-state index contributed by atoms with van der Waals surface area (Å²) in [5.74, 6) is 0.721. The first-order chi connectivity index (χ1) is 14.4. The van der Waals surface area contributed by atoms with Crippen LogP contribution in [0.3, 0.4) is 0 Å². The summed E-state index contributed by atoms with van der Waals surface area (Å²) in [5, 5.41) is 1.61. The van der Waals surface area contributed by atoms with Crippen molar-refractivity contribution in [3.05, 3.63) is 59.1 Å². The first-order valence-electron chi connectivity index (χ1n) is 10.1. The molecule has 3 aromatic rings. The van der Waals surface area contributed by atoms with Crippen LogP contribution in [-0.4, -0.2) is 53.3 Å². The van der Waals surface area contributed by atoms with E-state index in [-0.39, 0.29) is 11.8 Å². The lowest BCUT2D eigenvalue weighted by atomic mass is 10.1. The second kappa shape index (κ2) is 7.15. The van der Waals surface area contributed by atoms with E-state index in [9.17, 15) is 9.59 Å². The average molecular weight is 424 g/mol. The molecule has 0 spiro atoms. The first kappa shape index (κ1) is 19.2. The van der Waals surface area contributed by atoms with E-state index in [0.717, 1.165) is 35.1 Å². The van der Waals surface area contributed by atoms with Gasteiger partial charge in [-0.2, -0.15) is 0 Å². The van der Waals surface area contributed by atoms with E-state index >= 15 is 0 Å². The monoisotopic (exact) mass is 423 g/mol. The third kappa shape index (κ3) is 3.46. The van der Waals surface area contributed by atoms with Gasteiger partial charge in [-0.05, 0) is 43.2 Å². The van der Waals surface area contributed by atoms with Gasteiger partial charge in [0.1, 0.15) is 11.3 Å². The Balaban J connectivity index is 1.26. The van der Waals surface area contributed by atoms with Crippen LogP contribution in [0.5, 0.6) is 0 Å². The number of carbonyl (C=O) groups is 2. The number of nitrogens with zero attached hydrogens (tertiary/aromatic N) is 2. The second-order valence-corrected chi connectivity index (χ2v) is 8.55. The van der Waals surface area contributed by atoms with Gasteiger partial charge in [0.15, 0.2) is 0 Å². The molecule has 2 aliphatic rings. The standard InChI is InChI=1S/C23H22ClN3O3/c24-18-6-5-17-13-19(30-20(17)14-18)15-1-3-16(4-2-15)21(28)26-9-11-27(12-10-26)22(29)23(25)7-8-23/h1-6,13-14H,7-12,25H2. The van der Waals surface area contributed by atoms with E-state index in [0.29, 0.717) is 36.8 Å². The van der Waals surface area contributed by atoms with Gasteiger partial charge in [-0.3, -0.25) is 9.59 Å². The highest BCUT2D eigenvalue weighted by Gasteiger charge is 2.48. The maximum atomic E-state index is 12.9. The number of hydrogen-bond acceptors (Lipinski definition) is 4. The van der Waals surface area contributed by atoms with Crippen LogP contribution in [0.25, 0.3) is 22.3 Å². The van der Waals surface area contributed by atoms with Crippen molar-refractivity contribution in [1.82, 2.24) is 9.80 Å². The van der Waals surface area contributed by atoms with Crippen LogP contribution in [0, 0.1) is 0 Å². The summed E-state index contributed by atoms with van der Waals surface area (Å²) >= 11 is 6.02. The number of hydrogen-bond donors (Lipinski definition) is 1. The van der Waals surface area contributed by atoms with Crippen LogP contribution in [0.15, 0.2) is 52.9 Å². The van der Waals surface area contributed by atoms with Crippen LogP contribution in [-0.2, 0) is 4.79 Å². The topological polar surface area (TPSA) is 79.8 Å². The van der Waals surface area contributed by atoms with Crippen molar-refractivity contribution in [2.75, 3.05) is 26.2 Å². The third-order valence-corrected chi connectivity index (χ3v) is 6.20. The lowest BCUT2D eigenvalue weighted by molar-refractivity contribution is -0.135. The Bertz CT molecular complexity index is 1130. The summed E-state index contributed by atoms with van der Waals surface area (Å²) in [4.78, 5) is 28.8. The number of furan rings is 1. The molecule has 1 saturated carbocycles. The van der Waals surface area contributed by atoms with Gasteiger partial charge in [-0.15, -0.1) is 0 Å². The highest BCUT2D eigenvalue weighted by Crippen LogP contribution is 2.34. The first-order valence-corrected chi connectivity index (χ1v) is 10.5. The van der Waals surface area contributed by atoms with Crippen LogP contribution < -0.4 is 5.73 Å². The van der Waals surface area contributed by atoms with Crippen molar-refractivity contribution in [3.8, 4) is 11.3 Å². The normalized spacial score (nSPS) is 17.9. The maximum absolute atomic E-state index is 12.9. The van der Waals surface area contributed by atoms with Crippen molar-refractivity contribution in [1.29, 1.82) is 0 Å². The Morgan fingerprint density at radius 2 is 1.60 bits per heavy atom. The van der Waals surface area contributed by atoms with E-state index in [2.05, 4.69) is 0 Å². The molecule has 0 atom stereocenters. The van der Waals surface area contributed by atoms with Gasteiger partial charge >= 0.3 is 0 Å². The zero-order valence-electron chi connectivity index (χ0n) is 16.4. The third-order valence-electron chi connectivity index (χ3n) is 5.97. The predicted molar refractivity (Wildman–Crippen MR) is 115 cm³/mol. The fourth-order valence-corrected chi connectivity index (χ4v) is 4.05. The van der Waals surface area contributed by atoms with Crippen LogP contribution >= 0.6 is 11.6 Å². The van der Waals surface area contributed by atoms with Crippen molar-refractivity contribution >= 4 is 34.4 Å². The number of nitrogens with two attached hydrogens (primary N) is 1. The highest BCUT2D eigenvalue weighted by molar-refractivity contribution is 6.31. The van der Waals surface area contributed by atoms with Gasteiger partial charge in [0, 0.05) is 53.8 Å². The van der Waals surface area contributed by atoms with Gasteiger partial charge in [-0.1, -0.05) is 23.7 Å². The number of carbonyl (C=O) groups excluding carboxylic acids is 2. The minimum atomic E-state index is -0.649. The molecule has 7 heteroatoms. The second-order valence-electron chi connectivity index (χ2n) is 8.11. The molecule has 6 nitrogen and oxygen atoms in total. The molecule has 154 valence electrons. The lowest BCUT2D eigenvalue weighted by Crippen LogP contribution is -2.55. The number of rotatable bonds is 3. The quantitative estimate of drug-likeness (QED) is 0.698. The largest absolute Gasteiger partial charge is 0.456 e. The van der Waals surface area contributed by atoms with Crippen molar-refractivity contribution in [2.24, 2.45) is 5.73 Å². The maximum Gasteiger partial charge on any atom is 0.253 e. The number of amides is 2. The SMILES string of the molecule is NC1(C(=O)N2CCN(C(=O)c3ccc(-c4cc5ccc(Cl)cc5o4)cc3)CC2)CC1. The molecular weight excluding hydrogens is 402 g/mol. The van der Waals surface area contributed by atoms with Crippen molar-refractivity contribution in [2.45, 2.75) is 18.4 Å². The number of benzene rings is 2. The summed E-state index contributed by atoms with van der Waals surface area (Å²) in [6.45, 7) is 2.10. The van der Waals surface area contributed by atoms with Crippen LogP contribution in [0.4, 0.5) is 0 Å². The summed E-state index contributed by atoms with van der Waals surface area (Å²) in [7, 11) is 0. The van der Waals surface area contributed by atoms with Gasteiger partial charge in [0.25, 0.3) is 5.91 Å². The average Bonchev–Trinajstić information content (AvgIpc) is 3.38. The molecule has 1 aromatic heterocycles. The number of piperazine rings is 1. The molecule has 0 radical (unpaired) electrons. The van der Waals surface area contributed by atoms with Gasteiger partial charge in [-0.25, -0.2) is 0 Å². The molecular formula is C23H22ClN3O3. The van der Waals surface area contributed by atoms with E-state index in [4.69, 9.17) is 21.8 Å². The molecule has 2 N–H and O–H groups in total. The van der Waals surface area contributed by atoms with Gasteiger partial charge in [0.05, 0.1) is 5.54 Å². The Morgan fingerprint density at radius 3 is 2.27 bits per heavy atom. The van der Waals surface area contributed by atoms with E-state index in [1.807, 2.05) is 42.5 Å². The van der Waals surface area contributed by atoms with E-state index in [1.165, 1.54) is 0 Å². The molecule has 0 bridgehead atoms. The number of fused-ring (bicyclic) bond motifs is 1. The molecule has 2 aromatic carbocycles. The van der Waals surface area contributed by atoms with Gasteiger partial charge in [0.2, 0.25) is 5.91 Å². The minimum Gasteiger partial charge on any atom is -0.456 e. The molecule has 1 saturated heterocycles. The van der Waals surface area contributed by atoms with Crippen LogP contribution in [0.1, 0.15) is 23.2 Å². The molecule has 5 rings (SSSR count). The number of halogens is 1. The molecule has 1 aliphatic heterocycles. The molecule has 1 aliphatic carbocycles. The fourth-order valence-electron chi connectivity index (χ4n) is 3.88. The summed E-state index contributed by atoms with van der Waals surface area (Å²) in [5.41, 5.74) is 7.61. The summed E-state index contributed by atoms with van der Waals surface area (Å²) in [6.07, 6.45) is 1.52. The van der Waals surface area contributed by atoms with Gasteiger partial charge < -0.3 is 20.0 Å². The summed E-state index contributed by atoms with van der Waals surface area (Å²) in [6, 6.07) is 14.9. The molecule has 0 unspecified atom stereocenters. The minimum absolute atomic E-state index is 0.0195. The Morgan fingerprint density at radius 1 is 0.933 bits per heavy atom. The molecule has 2 heterocycles. The Kier molecular flexibility index (Phi) is 4.56. The Labute approximate surface area is 179 Å². The molecule has 2 fully saturated rings. The van der Waals surface area contributed by atoms with E-state index < -0.39 is 5.54 Å². The van der Waals surface area contributed by atoms with Crippen molar-refractivity contribution < 1.29 is 14.0 Å². The lowest BCUT2D eigenvalue weighted by Gasteiger charge is -2.36. The van der Waals surface area contributed by atoms with Crippen LogP contribution in [0.2, 0.25) is 5.02 Å². The Hall–Kier alpha value is -2.83. The van der Waals surface area contributed by atoms with E-state index in [1.54, 1.807) is 15.9 Å². The smallest absolute Gasteiger partial charge is 0.253 e. The summed E-state index contributed by atoms with van der Waals surface area (Å²) < 4.78 is 5.89. The van der Waals surface area contributed by atoms with Crippen molar-refractivity contribution in [3.63, 3.8) is 0 Å². The highest BCUT2D eigenvalue weighted by atomic mass is 35.5. The predicted octanol–water partition coefficient (Wildman–Crippen LogP) is 3.53. The zero-order chi connectivity index (χ0) is 20.9. The fraction of sp³-hybridized carbons (Fsp3) is 0.304. The molecule has 30 heavy (non-hydrogen) atoms. The molecule has 2 amide bonds. The zero-order valence-corrected chi connectivity index (χ0v) is 17.2.